The fraction of sp³-hybridized carbons (Fsp3) is 0.389. The van der Waals surface area contributed by atoms with E-state index in [1.54, 1.807) is 42.2 Å². The molecule has 0 saturated carbocycles. The van der Waals surface area contributed by atoms with Gasteiger partial charge in [-0.15, -0.1) is 0 Å². The van der Waals surface area contributed by atoms with Crippen molar-refractivity contribution in [1.29, 1.82) is 5.26 Å². The quantitative estimate of drug-likeness (QED) is 0.860. The molecule has 126 valence electrons. The molecule has 0 bridgehead atoms. The second kappa shape index (κ2) is 8.73. The van der Waals surface area contributed by atoms with Crippen molar-refractivity contribution in [2.75, 3.05) is 19.7 Å². The minimum Gasteiger partial charge on any atom is -0.450 e. The SMILES string of the molecule is CCOC(=O)N[C@H]1CCCN(C(=O)/C=C\c2ccc(C#N)cc2)C1. The van der Waals surface area contributed by atoms with Crippen LogP contribution < -0.4 is 5.32 Å². The predicted molar refractivity (Wildman–Crippen MR) is 90.0 cm³/mol. The highest BCUT2D eigenvalue weighted by atomic mass is 16.5. The summed E-state index contributed by atoms with van der Waals surface area (Å²) in [6.45, 7) is 3.24. The molecule has 1 N–H and O–H groups in total. The summed E-state index contributed by atoms with van der Waals surface area (Å²) < 4.78 is 4.87. The molecule has 1 aliphatic heterocycles. The van der Waals surface area contributed by atoms with E-state index >= 15 is 0 Å². The van der Waals surface area contributed by atoms with E-state index in [0.717, 1.165) is 18.4 Å². The highest BCUT2D eigenvalue weighted by Gasteiger charge is 2.23. The van der Waals surface area contributed by atoms with Gasteiger partial charge in [0.1, 0.15) is 0 Å². The Bertz CT molecular complexity index is 646. The maximum atomic E-state index is 12.3. The molecule has 1 aliphatic rings. The first-order valence-electron chi connectivity index (χ1n) is 8.03. The Hall–Kier alpha value is -2.81. The number of ether oxygens (including phenoxy) is 1. The van der Waals surface area contributed by atoms with E-state index in [1.165, 1.54) is 6.08 Å². The van der Waals surface area contributed by atoms with Crippen LogP contribution in [0.5, 0.6) is 0 Å². The van der Waals surface area contributed by atoms with Crippen molar-refractivity contribution in [3.8, 4) is 6.07 Å². The average Bonchev–Trinajstić information content (AvgIpc) is 2.60. The molecule has 1 aromatic carbocycles. The van der Waals surface area contributed by atoms with Gasteiger partial charge in [-0.2, -0.15) is 5.26 Å². The maximum Gasteiger partial charge on any atom is 0.407 e. The zero-order chi connectivity index (χ0) is 17.4. The van der Waals surface area contributed by atoms with Gasteiger partial charge in [0.15, 0.2) is 0 Å². The van der Waals surface area contributed by atoms with Gasteiger partial charge < -0.3 is 15.0 Å². The van der Waals surface area contributed by atoms with E-state index < -0.39 is 6.09 Å². The molecule has 1 saturated heterocycles. The second-order valence-electron chi connectivity index (χ2n) is 5.56. The first kappa shape index (κ1) is 17.5. The van der Waals surface area contributed by atoms with Gasteiger partial charge in [0.2, 0.25) is 5.91 Å². The Morgan fingerprint density at radius 2 is 2.17 bits per heavy atom. The smallest absolute Gasteiger partial charge is 0.407 e. The molecule has 1 fully saturated rings. The van der Waals surface area contributed by atoms with Crippen LogP contribution in [0.4, 0.5) is 4.79 Å². The fourth-order valence-electron chi connectivity index (χ4n) is 2.58. The molecule has 1 atom stereocenters. The van der Waals surface area contributed by atoms with Gasteiger partial charge >= 0.3 is 6.09 Å². The van der Waals surface area contributed by atoms with Crippen LogP contribution in [-0.2, 0) is 9.53 Å². The molecule has 6 nitrogen and oxygen atoms in total. The number of carbonyl (C=O) groups is 2. The number of amides is 2. The molecule has 6 heteroatoms. The number of hydrogen-bond acceptors (Lipinski definition) is 4. The van der Waals surface area contributed by atoms with Crippen LogP contribution >= 0.6 is 0 Å². The van der Waals surface area contributed by atoms with Gasteiger partial charge in [0.25, 0.3) is 0 Å². The average molecular weight is 327 g/mol. The standard InChI is InChI=1S/C18H21N3O3/c1-2-24-18(23)20-16-4-3-11-21(13-16)17(22)10-9-14-5-7-15(12-19)8-6-14/h5-10,16H,2-4,11,13H2,1H3,(H,20,23)/b10-9-/t16-/m0/s1. The van der Waals surface area contributed by atoms with Crippen LogP contribution in [0.1, 0.15) is 30.9 Å². The summed E-state index contributed by atoms with van der Waals surface area (Å²) >= 11 is 0. The van der Waals surface area contributed by atoms with Crippen molar-refractivity contribution in [3.63, 3.8) is 0 Å². The Kier molecular flexibility index (Phi) is 6.38. The first-order valence-corrected chi connectivity index (χ1v) is 8.03. The number of nitriles is 1. The summed E-state index contributed by atoms with van der Waals surface area (Å²) in [5, 5.41) is 11.6. The molecule has 0 radical (unpaired) electrons. The number of rotatable bonds is 4. The normalized spacial score (nSPS) is 17.3. The molecule has 1 heterocycles. The van der Waals surface area contributed by atoms with Gasteiger partial charge in [-0.25, -0.2) is 4.79 Å². The Morgan fingerprint density at radius 1 is 1.42 bits per heavy atom. The molecule has 0 aliphatic carbocycles. The predicted octanol–water partition coefficient (Wildman–Crippen LogP) is 2.31. The lowest BCUT2D eigenvalue weighted by atomic mass is 10.1. The zero-order valence-electron chi connectivity index (χ0n) is 13.7. The molecular formula is C18H21N3O3. The summed E-state index contributed by atoms with van der Waals surface area (Å²) in [6, 6.07) is 8.99. The van der Waals surface area contributed by atoms with E-state index in [4.69, 9.17) is 10.00 Å². The first-order chi connectivity index (χ1) is 11.6. The third-order valence-electron chi connectivity index (χ3n) is 3.79. The van der Waals surface area contributed by atoms with Gasteiger partial charge in [-0.05, 0) is 43.5 Å². The summed E-state index contributed by atoms with van der Waals surface area (Å²) in [5.74, 6) is -0.0882. The van der Waals surface area contributed by atoms with Crippen molar-refractivity contribution in [1.82, 2.24) is 10.2 Å². The highest BCUT2D eigenvalue weighted by Crippen LogP contribution is 2.12. The van der Waals surface area contributed by atoms with Gasteiger partial charge in [0, 0.05) is 25.2 Å². The second-order valence-corrected chi connectivity index (χ2v) is 5.56. The Morgan fingerprint density at radius 3 is 2.83 bits per heavy atom. The van der Waals surface area contributed by atoms with E-state index in [2.05, 4.69) is 11.4 Å². The van der Waals surface area contributed by atoms with Crippen molar-refractivity contribution in [2.45, 2.75) is 25.8 Å². The molecule has 2 amide bonds. The van der Waals surface area contributed by atoms with Crippen molar-refractivity contribution in [2.24, 2.45) is 0 Å². The molecule has 0 aromatic heterocycles. The third kappa shape index (κ3) is 5.13. The maximum absolute atomic E-state index is 12.3. The zero-order valence-corrected chi connectivity index (χ0v) is 13.7. The fourth-order valence-corrected chi connectivity index (χ4v) is 2.58. The topological polar surface area (TPSA) is 82.4 Å². The van der Waals surface area contributed by atoms with Gasteiger partial charge in [-0.1, -0.05) is 12.1 Å². The molecule has 0 unspecified atom stereocenters. The lowest BCUT2D eigenvalue weighted by molar-refractivity contribution is -0.127. The summed E-state index contributed by atoms with van der Waals surface area (Å²) in [4.78, 5) is 25.5. The van der Waals surface area contributed by atoms with Crippen LogP contribution in [0.2, 0.25) is 0 Å². The molecule has 1 aromatic rings. The van der Waals surface area contributed by atoms with Crippen molar-refractivity contribution >= 4 is 18.1 Å². The summed E-state index contributed by atoms with van der Waals surface area (Å²) in [5.41, 5.74) is 1.45. The molecule has 24 heavy (non-hydrogen) atoms. The molecular weight excluding hydrogens is 306 g/mol. The van der Waals surface area contributed by atoms with Crippen molar-refractivity contribution in [3.05, 3.63) is 41.5 Å². The van der Waals surface area contributed by atoms with E-state index in [0.29, 0.717) is 25.3 Å². The Labute approximate surface area is 141 Å². The number of nitrogens with one attached hydrogen (secondary N) is 1. The largest absolute Gasteiger partial charge is 0.450 e. The minimum absolute atomic E-state index is 0.0786. The van der Waals surface area contributed by atoms with Crippen LogP contribution in [0.3, 0.4) is 0 Å². The van der Waals surface area contributed by atoms with Crippen LogP contribution in [0.15, 0.2) is 30.3 Å². The number of nitrogens with zero attached hydrogens (tertiary/aromatic N) is 2. The lowest BCUT2D eigenvalue weighted by Crippen LogP contribution is -2.49. The van der Waals surface area contributed by atoms with E-state index in [1.807, 2.05) is 0 Å². The Balaban J connectivity index is 1.90. The van der Waals surface area contributed by atoms with Crippen molar-refractivity contribution < 1.29 is 14.3 Å². The van der Waals surface area contributed by atoms with Crippen LogP contribution in [-0.4, -0.2) is 42.6 Å². The number of piperidine rings is 1. The minimum atomic E-state index is -0.440. The lowest BCUT2D eigenvalue weighted by Gasteiger charge is -2.32. The monoisotopic (exact) mass is 327 g/mol. The number of benzene rings is 1. The number of carbonyl (C=O) groups excluding carboxylic acids is 2. The molecule has 0 spiro atoms. The highest BCUT2D eigenvalue weighted by molar-refractivity contribution is 5.91. The molecule has 2 rings (SSSR count). The van der Waals surface area contributed by atoms with Crippen LogP contribution in [0, 0.1) is 11.3 Å². The summed E-state index contributed by atoms with van der Waals surface area (Å²) in [7, 11) is 0. The van der Waals surface area contributed by atoms with Gasteiger partial charge in [0.05, 0.1) is 18.2 Å². The van der Waals surface area contributed by atoms with E-state index in [9.17, 15) is 9.59 Å². The third-order valence-corrected chi connectivity index (χ3v) is 3.79. The van der Waals surface area contributed by atoms with E-state index in [-0.39, 0.29) is 11.9 Å². The number of alkyl carbamates (subject to hydrolysis) is 1. The number of likely N-dealkylation sites (tertiary alicyclic amines) is 1. The number of hydrogen-bond donors (Lipinski definition) is 1. The summed E-state index contributed by atoms with van der Waals surface area (Å²) in [6.07, 6.45) is 4.49. The van der Waals surface area contributed by atoms with Crippen LogP contribution in [0.25, 0.3) is 6.08 Å². The van der Waals surface area contributed by atoms with Gasteiger partial charge in [-0.3, -0.25) is 4.79 Å².